The topological polar surface area (TPSA) is 93.1 Å². The highest BCUT2D eigenvalue weighted by Gasteiger charge is 2.52. The van der Waals surface area contributed by atoms with Crippen LogP contribution in [0.4, 0.5) is 0 Å². The quantitative estimate of drug-likeness (QED) is 0.460. The molecule has 3 aromatic carbocycles. The summed E-state index contributed by atoms with van der Waals surface area (Å²) in [5, 5.41) is 2.31. The smallest absolute Gasteiger partial charge is 0.154 e. The van der Waals surface area contributed by atoms with Gasteiger partial charge in [-0.3, -0.25) is 0 Å². The molecule has 7 heteroatoms. The van der Waals surface area contributed by atoms with Gasteiger partial charge in [0, 0.05) is 21.9 Å². The van der Waals surface area contributed by atoms with Gasteiger partial charge in [-0.25, -0.2) is 29.9 Å². The molecule has 7 rings (SSSR count). The number of benzene rings is 3. The van der Waals surface area contributed by atoms with E-state index in [1.807, 2.05) is 12.1 Å². The number of hydrogen-bond acceptors (Lipinski definition) is 6. The van der Waals surface area contributed by atoms with E-state index in [-0.39, 0.29) is 0 Å². The molecule has 0 aliphatic heterocycles. The van der Waals surface area contributed by atoms with Gasteiger partial charge in [-0.15, -0.1) is 0 Å². The molecule has 0 amide bonds. The number of fused-ring (bicyclic) bond motifs is 7. The standard InChI is InChI=1S/C25H15N7/c1-3-7-19-15(5-1)17-9-10-18-16-6-2-4-8-20(16)32-22(18)21(17)25(19,23-28-11-26-12-29-23)24-30-13-27-14-31-24/h1-14,32H. The first-order chi connectivity index (χ1) is 15.9. The van der Waals surface area contributed by atoms with Crippen molar-refractivity contribution in [2.45, 2.75) is 5.41 Å². The van der Waals surface area contributed by atoms with Crippen molar-refractivity contribution >= 4 is 21.8 Å². The number of hydrogen-bond donors (Lipinski definition) is 1. The minimum absolute atomic E-state index is 0.580. The molecule has 1 N–H and O–H groups in total. The van der Waals surface area contributed by atoms with Gasteiger partial charge in [0.1, 0.15) is 30.7 Å². The minimum atomic E-state index is -0.905. The van der Waals surface area contributed by atoms with Gasteiger partial charge in [-0.1, -0.05) is 54.6 Å². The lowest BCUT2D eigenvalue weighted by Crippen LogP contribution is -2.33. The zero-order valence-electron chi connectivity index (χ0n) is 16.8. The van der Waals surface area contributed by atoms with Crippen molar-refractivity contribution in [3.63, 3.8) is 0 Å². The molecule has 0 saturated heterocycles. The van der Waals surface area contributed by atoms with E-state index in [2.05, 4.69) is 83.4 Å². The molecule has 0 unspecified atom stereocenters. The van der Waals surface area contributed by atoms with Crippen LogP contribution < -0.4 is 0 Å². The van der Waals surface area contributed by atoms with E-state index < -0.39 is 5.41 Å². The van der Waals surface area contributed by atoms with Crippen LogP contribution in [0.2, 0.25) is 0 Å². The van der Waals surface area contributed by atoms with Crippen molar-refractivity contribution in [2.75, 3.05) is 0 Å². The highest BCUT2D eigenvalue weighted by Crippen LogP contribution is 2.56. The Labute approximate surface area is 182 Å². The lowest BCUT2D eigenvalue weighted by atomic mass is 9.75. The van der Waals surface area contributed by atoms with Gasteiger partial charge in [-0.05, 0) is 22.8 Å². The summed E-state index contributed by atoms with van der Waals surface area (Å²) >= 11 is 0. The van der Waals surface area contributed by atoms with Gasteiger partial charge in [0.2, 0.25) is 0 Å². The zero-order chi connectivity index (χ0) is 21.1. The van der Waals surface area contributed by atoms with Crippen molar-refractivity contribution in [1.82, 2.24) is 34.9 Å². The van der Waals surface area contributed by atoms with Crippen LogP contribution in [0.5, 0.6) is 0 Å². The Morgan fingerprint density at radius 1 is 0.594 bits per heavy atom. The summed E-state index contributed by atoms with van der Waals surface area (Å²) in [6.45, 7) is 0. The fourth-order valence-corrected chi connectivity index (χ4v) is 5.14. The molecular formula is C25H15N7. The molecule has 7 nitrogen and oxygen atoms in total. The van der Waals surface area contributed by atoms with E-state index in [9.17, 15) is 0 Å². The number of aromatic nitrogens is 7. The lowest BCUT2D eigenvalue weighted by molar-refractivity contribution is 0.636. The summed E-state index contributed by atoms with van der Waals surface area (Å²) in [5.41, 5.74) is 5.51. The number of para-hydroxylation sites is 1. The second-order valence-corrected chi connectivity index (χ2v) is 7.80. The second kappa shape index (κ2) is 6.24. The number of aromatic amines is 1. The van der Waals surface area contributed by atoms with Gasteiger partial charge >= 0.3 is 0 Å². The van der Waals surface area contributed by atoms with E-state index in [1.54, 1.807) is 0 Å². The summed E-state index contributed by atoms with van der Waals surface area (Å²) in [5.74, 6) is 1.16. The molecule has 32 heavy (non-hydrogen) atoms. The van der Waals surface area contributed by atoms with E-state index in [0.717, 1.165) is 38.7 Å². The fraction of sp³-hybridized carbons (Fsp3) is 0.0400. The minimum Gasteiger partial charge on any atom is -0.354 e. The van der Waals surface area contributed by atoms with Gasteiger partial charge < -0.3 is 4.98 Å². The summed E-state index contributed by atoms with van der Waals surface area (Å²) in [6.07, 6.45) is 6.10. The predicted octanol–water partition coefficient (Wildman–Crippen LogP) is 4.05. The molecular weight excluding hydrogens is 398 g/mol. The van der Waals surface area contributed by atoms with E-state index in [4.69, 9.17) is 0 Å². The molecule has 1 aliphatic carbocycles. The molecule has 150 valence electrons. The highest BCUT2D eigenvalue weighted by molar-refractivity contribution is 6.11. The predicted molar refractivity (Wildman–Crippen MR) is 120 cm³/mol. The first-order valence-corrected chi connectivity index (χ1v) is 10.3. The fourth-order valence-electron chi connectivity index (χ4n) is 5.14. The van der Waals surface area contributed by atoms with Crippen LogP contribution in [-0.4, -0.2) is 34.9 Å². The van der Waals surface area contributed by atoms with E-state index >= 15 is 0 Å². The second-order valence-electron chi connectivity index (χ2n) is 7.80. The zero-order valence-corrected chi connectivity index (χ0v) is 16.8. The Kier molecular flexibility index (Phi) is 3.35. The number of nitrogens with zero attached hydrogens (tertiary/aromatic N) is 6. The Balaban J connectivity index is 1.75. The van der Waals surface area contributed by atoms with Crippen molar-refractivity contribution < 1.29 is 0 Å². The van der Waals surface area contributed by atoms with Crippen molar-refractivity contribution in [3.8, 4) is 11.1 Å². The van der Waals surface area contributed by atoms with Crippen molar-refractivity contribution in [1.29, 1.82) is 0 Å². The average molecular weight is 413 g/mol. The molecule has 0 atom stereocenters. The lowest BCUT2D eigenvalue weighted by Gasteiger charge is -2.28. The van der Waals surface area contributed by atoms with Crippen LogP contribution in [-0.2, 0) is 5.41 Å². The molecule has 3 aromatic heterocycles. The Hall–Kier alpha value is -4.52. The third-order valence-electron chi connectivity index (χ3n) is 6.34. The molecule has 0 spiro atoms. The third-order valence-corrected chi connectivity index (χ3v) is 6.34. The van der Waals surface area contributed by atoms with Crippen LogP contribution >= 0.6 is 0 Å². The highest BCUT2D eigenvalue weighted by atomic mass is 15.0. The Morgan fingerprint density at radius 2 is 1.25 bits per heavy atom. The molecule has 0 bridgehead atoms. The van der Waals surface area contributed by atoms with Crippen LogP contribution in [0, 0.1) is 0 Å². The van der Waals surface area contributed by atoms with Crippen molar-refractivity contribution in [2.24, 2.45) is 0 Å². The van der Waals surface area contributed by atoms with Crippen LogP contribution in [0.15, 0.2) is 86.0 Å². The Bertz CT molecular complexity index is 1590. The first kappa shape index (κ1) is 17.2. The average Bonchev–Trinajstić information content (AvgIpc) is 3.39. The van der Waals surface area contributed by atoms with Gasteiger partial charge in [0.15, 0.2) is 11.6 Å². The first-order valence-electron chi connectivity index (χ1n) is 10.3. The molecule has 0 saturated carbocycles. The Morgan fingerprint density at radius 3 is 2.00 bits per heavy atom. The molecule has 1 aliphatic rings. The van der Waals surface area contributed by atoms with Crippen molar-refractivity contribution in [3.05, 3.63) is 109 Å². The van der Waals surface area contributed by atoms with Crippen LogP contribution in [0.25, 0.3) is 32.9 Å². The molecule has 3 heterocycles. The van der Waals surface area contributed by atoms with Gasteiger partial charge in [0.05, 0.1) is 5.52 Å². The molecule has 6 aromatic rings. The SMILES string of the molecule is c1ccc2c(c1)-c1ccc3c([nH]c4ccccc43)c1C2(c1ncncn1)c1ncncn1. The maximum absolute atomic E-state index is 4.63. The maximum Gasteiger partial charge on any atom is 0.154 e. The van der Waals surface area contributed by atoms with Gasteiger partial charge in [-0.2, -0.15) is 0 Å². The third kappa shape index (κ3) is 2.04. The number of nitrogens with one attached hydrogen (secondary N) is 1. The van der Waals surface area contributed by atoms with Crippen LogP contribution in [0.1, 0.15) is 22.8 Å². The maximum atomic E-state index is 4.63. The summed E-state index contributed by atoms with van der Waals surface area (Å²) in [6, 6.07) is 21.0. The number of rotatable bonds is 2. The summed E-state index contributed by atoms with van der Waals surface area (Å²) < 4.78 is 0. The molecule has 0 radical (unpaired) electrons. The summed E-state index contributed by atoms with van der Waals surface area (Å²) in [4.78, 5) is 30.3. The summed E-state index contributed by atoms with van der Waals surface area (Å²) in [7, 11) is 0. The number of H-pyrrole nitrogens is 1. The van der Waals surface area contributed by atoms with Crippen LogP contribution in [0.3, 0.4) is 0 Å². The largest absolute Gasteiger partial charge is 0.354 e. The van der Waals surface area contributed by atoms with E-state index in [1.165, 1.54) is 30.7 Å². The van der Waals surface area contributed by atoms with Gasteiger partial charge in [0.25, 0.3) is 0 Å². The van der Waals surface area contributed by atoms with E-state index in [0.29, 0.717) is 11.6 Å². The monoisotopic (exact) mass is 413 g/mol. The normalized spacial score (nSPS) is 13.9. The molecule has 0 fully saturated rings.